The van der Waals surface area contributed by atoms with Crippen LogP contribution in [0.15, 0.2) is 182 Å². The summed E-state index contributed by atoms with van der Waals surface area (Å²) in [5, 5.41) is 4.84. The molecule has 8 aromatic carbocycles. The van der Waals surface area contributed by atoms with Gasteiger partial charge in [0.2, 0.25) is 0 Å². The summed E-state index contributed by atoms with van der Waals surface area (Å²) in [6.07, 6.45) is 0. The molecule has 250 valence electrons. The Morgan fingerprint density at radius 3 is 1.83 bits per heavy atom. The summed E-state index contributed by atoms with van der Waals surface area (Å²) < 4.78 is 0. The van der Waals surface area contributed by atoms with E-state index in [-0.39, 0.29) is 5.41 Å². The highest BCUT2D eigenvalue weighted by Gasteiger charge is 2.35. The summed E-state index contributed by atoms with van der Waals surface area (Å²) in [6, 6.07) is 65.5. The fourth-order valence-corrected chi connectivity index (χ4v) is 8.34. The van der Waals surface area contributed by atoms with E-state index in [4.69, 9.17) is 9.97 Å². The molecule has 2 nitrogen and oxygen atoms in total. The molecular weight excluding hydrogens is 641 g/mol. The minimum atomic E-state index is -0.0213. The molecule has 0 spiro atoms. The predicted molar refractivity (Wildman–Crippen MR) is 222 cm³/mol. The van der Waals surface area contributed by atoms with E-state index in [0.717, 1.165) is 33.6 Å². The first-order chi connectivity index (χ1) is 26.0. The second-order valence-corrected chi connectivity index (χ2v) is 14.6. The van der Waals surface area contributed by atoms with Crippen LogP contribution in [0, 0.1) is 0 Å². The Morgan fingerprint density at radius 1 is 0.340 bits per heavy atom. The predicted octanol–water partition coefficient (Wildman–Crippen LogP) is 13.4. The van der Waals surface area contributed by atoms with Crippen molar-refractivity contribution in [1.82, 2.24) is 9.97 Å². The Balaban J connectivity index is 1.12. The van der Waals surface area contributed by atoms with Crippen molar-refractivity contribution in [3.05, 3.63) is 193 Å². The van der Waals surface area contributed by atoms with Crippen LogP contribution in [-0.2, 0) is 5.41 Å². The number of hydrogen-bond acceptors (Lipinski definition) is 2. The van der Waals surface area contributed by atoms with Crippen LogP contribution in [0.25, 0.3) is 88.8 Å². The number of fused-ring (bicyclic) bond motifs is 5. The van der Waals surface area contributed by atoms with Crippen molar-refractivity contribution >= 4 is 21.5 Å². The van der Waals surface area contributed by atoms with Crippen LogP contribution in [0.1, 0.15) is 25.0 Å². The van der Waals surface area contributed by atoms with Crippen molar-refractivity contribution in [3.63, 3.8) is 0 Å². The van der Waals surface area contributed by atoms with Crippen LogP contribution in [0.5, 0.6) is 0 Å². The molecule has 0 radical (unpaired) electrons. The van der Waals surface area contributed by atoms with E-state index < -0.39 is 0 Å². The molecule has 1 aliphatic rings. The molecule has 0 N–H and O–H groups in total. The molecule has 2 heteroatoms. The largest absolute Gasteiger partial charge is 0.228 e. The van der Waals surface area contributed by atoms with Crippen molar-refractivity contribution in [2.24, 2.45) is 0 Å². The smallest absolute Gasteiger partial charge is 0.160 e. The average Bonchev–Trinajstić information content (AvgIpc) is 3.45. The van der Waals surface area contributed by atoms with Gasteiger partial charge in [0.1, 0.15) is 0 Å². The van der Waals surface area contributed by atoms with Crippen molar-refractivity contribution in [2.75, 3.05) is 0 Å². The molecule has 0 saturated carbocycles. The zero-order chi connectivity index (χ0) is 35.5. The van der Waals surface area contributed by atoms with E-state index in [2.05, 4.69) is 178 Å². The lowest BCUT2D eigenvalue weighted by atomic mass is 9.82. The van der Waals surface area contributed by atoms with Gasteiger partial charge >= 0.3 is 0 Å². The normalized spacial score (nSPS) is 12.9. The fraction of sp³-hybridized carbons (Fsp3) is 0.0588. The topological polar surface area (TPSA) is 25.8 Å². The molecule has 53 heavy (non-hydrogen) atoms. The van der Waals surface area contributed by atoms with Gasteiger partial charge in [-0.2, -0.15) is 0 Å². The third-order valence-electron chi connectivity index (χ3n) is 11.1. The minimum Gasteiger partial charge on any atom is -0.228 e. The summed E-state index contributed by atoms with van der Waals surface area (Å²) in [5.74, 6) is 0.710. The molecule has 1 aromatic heterocycles. The first-order valence-electron chi connectivity index (χ1n) is 18.3. The summed E-state index contributed by atoms with van der Waals surface area (Å²) in [6.45, 7) is 4.67. The molecule has 0 atom stereocenters. The van der Waals surface area contributed by atoms with Crippen molar-refractivity contribution in [1.29, 1.82) is 0 Å². The van der Waals surface area contributed by atoms with Crippen molar-refractivity contribution in [2.45, 2.75) is 19.3 Å². The zero-order valence-corrected chi connectivity index (χ0v) is 29.7. The Hall–Kier alpha value is -6.64. The number of hydrogen-bond donors (Lipinski definition) is 0. The fourth-order valence-electron chi connectivity index (χ4n) is 8.34. The van der Waals surface area contributed by atoms with Gasteiger partial charge in [-0.25, -0.2) is 9.97 Å². The van der Waals surface area contributed by atoms with Crippen LogP contribution < -0.4 is 0 Å². The van der Waals surface area contributed by atoms with Crippen LogP contribution >= 0.6 is 0 Å². The van der Waals surface area contributed by atoms with Crippen LogP contribution in [-0.4, -0.2) is 9.97 Å². The molecule has 0 saturated heterocycles. The summed E-state index contributed by atoms with van der Waals surface area (Å²) in [4.78, 5) is 10.4. The molecule has 1 aliphatic carbocycles. The first kappa shape index (κ1) is 31.1. The molecule has 9 aromatic rings. The molecule has 1 heterocycles. The number of nitrogens with zero attached hydrogens (tertiary/aromatic N) is 2. The average molecular weight is 677 g/mol. The van der Waals surface area contributed by atoms with Gasteiger partial charge in [0, 0.05) is 22.1 Å². The Bertz CT molecular complexity index is 2870. The summed E-state index contributed by atoms with van der Waals surface area (Å²) in [7, 11) is 0. The van der Waals surface area contributed by atoms with E-state index in [1.54, 1.807) is 0 Å². The van der Waals surface area contributed by atoms with Gasteiger partial charge in [-0.15, -0.1) is 0 Å². The second kappa shape index (κ2) is 12.3. The van der Waals surface area contributed by atoms with Crippen molar-refractivity contribution in [3.8, 4) is 67.3 Å². The molecule has 0 aliphatic heterocycles. The SMILES string of the molecule is CC1(C)c2ccccc2-c2cc(-c3ccc(-c4cc(-c5cccc(-c6ccc7ccccc7c6)c5)nc(-c5ccccc5)n4)c4ccccc34)ccc21. The number of aromatic nitrogens is 2. The molecule has 10 rings (SSSR count). The summed E-state index contributed by atoms with van der Waals surface area (Å²) >= 11 is 0. The first-order valence-corrected chi connectivity index (χ1v) is 18.3. The van der Waals surface area contributed by atoms with Gasteiger partial charge in [0.05, 0.1) is 11.4 Å². The molecule has 0 unspecified atom stereocenters. The summed E-state index contributed by atoms with van der Waals surface area (Å²) in [5.41, 5.74) is 15.1. The second-order valence-electron chi connectivity index (χ2n) is 14.6. The van der Waals surface area contributed by atoms with E-state index >= 15 is 0 Å². The zero-order valence-electron chi connectivity index (χ0n) is 29.7. The highest BCUT2D eigenvalue weighted by Crippen LogP contribution is 2.50. The minimum absolute atomic E-state index is 0.0213. The van der Waals surface area contributed by atoms with Gasteiger partial charge in [-0.3, -0.25) is 0 Å². The van der Waals surface area contributed by atoms with Gasteiger partial charge in [0.25, 0.3) is 0 Å². The third-order valence-corrected chi connectivity index (χ3v) is 11.1. The Morgan fingerprint density at radius 2 is 0.962 bits per heavy atom. The number of benzene rings is 8. The van der Waals surface area contributed by atoms with Gasteiger partial charge in [0.15, 0.2) is 5.82 Å². The van der Waals surface area contributed by atoms with E-state index in [1.165, 1.54) is 60.5 Å². The highest BCUT2D eigenvalue weighted by atomic mass is 14.9. The molecular formula is C51H36N2. The molecule has 0 amide bonds. The van der Waals surface area contributed by atoms with Gasteiger partial charge < -0.3 is 0 Å². The van der Waals surface area contributed by atoms with E-state index in [0.29, 0.717) is 5.82 Å². The van der Waals surface area contributed by atoms with E-state index in [9.17, 15) is 0 Å². The Labute approximate surface area is 310 Å². The standard InChI is InChI=1S/C51H36N2/c1-51(2)46-22-11-10-21-43(46)45-31-38(25-28-47(45)51)40-26-27-44(42-20-9-8-19-41(40)42)49-32-48(52-50(53-49)34-14-4-3-5-15-34)39-18-12-17-36(30-39)37-24-23-33-13-6-7-16-35(33)29-37/h3-32H,1-2H3. The third kappa shape index (κ3) is 5.26. The lowest BCUT2D eigenvalue weighted by Gasteiger charge is -2.21. The monoisotopic (exact) mass is 676 g/mol. The Kier molecular flexibility index (Phi) is 7.19. The van der Waals surface area contributed by atoms with Gasteiger partial charge in [-0.05, 0) is 90.3 Å². The van der Waals surface area contributed by atoms with Crippen LogP contribution in [0.3, 0.4) is 0 Å². The van der Waals surface area contributed by atoms with Crippen LogP contribution in [0.4, 0.5) is 0 Å². The van der Waals surface area contributed by atoms with E-state index in [1.807, 2.05) is 18.2 Å². The lowest BCUT2D eigenvalue weighted by molar-refractivity contribution is 0.660. The maximum Gasteiger partial charge on any atom is 0.160 e. The molecule has 0 bridgehead atoms. The van der Waals surface area contributed by atoms with Crippen molar-refractivity contribution < 1.29 is 0 Å². The highest BCUT2D eigenvalue weighted by molar-refractivity contribution is 6.05. The van der Waals surface area contributed by atoms with Crippen LogP contribution in [0.2, 0.25) is 0 Å². The lowest BCUT2D eigenvalue weighted by Crippen LogP contribution is -2.14. The maximum absolute atomic E-state index is 5.24. The quantitative estimate of drug-likeness (QED) is 0.181. The van der Waals surface area contributed by atoms with Gasteiger partial charge in [-0.1, -0.05) is 172 Å². The molecule has 0 fully saturated rings. The number of rotatable bonds is 5. The maximum atomic E-state index is 5.24.